The topological polar surface area (TPSA) is 29.5 Å². The van der Waals surface area contributed by atoms with Crippen molar-refractivity contribution in [2.45, 2.75) is 19.4 Å². The van der Waals surface area contributed by atoms with Crippen LogP contribution in [0.25, 0.3) is 0 Å². The number of hydrogen-bond acceptors (Lipinski definition) is 3. The molecule has 0 unspecified atom stereocenters. The second-order valence-electron chi connectivity index (χ2n) is 4.04. The molecule has 0 bridgehead atoms. The zero-order valence-electron chi connectivity index (χ0n) is 10.4. The summed E-state index contributed by atoms with van der Waals surface area (Å²) in [6.45, 7) is 2.23. The van der Waals surface area contributed by atoms with E-state index in [-0.39, 0.29) is 12.0 Å². The van der Waals surface area contributed by atoms with Crippen molar-refractivity contribution < 1.29 is 9.53 Å². The lowest BCUT2D eigenvalue weighted by Gasteiger charge is -2.23. The van der Waals surface area contributed by atoms with Crippen molar-refractivity contribution in [1.82, 2.24) is 4.90 Å². The molecule has 1 rings (SSSR count). The molecule has 17 heavy (non-hydrogen) atoms. The van der Waals surface area contributed by atoms with E-state index in [9.17, 15) is 4.79 Å². The molecule has 1 aromatic carbocycles. The Hall–Kier alpha value is -1.06. The predicted octanol–water partition coefficient (Wildman–Crippen LogP) is 2.90. The normalized spacial score (nSPS) is 12.5. The molecule has 0 aromatic heterocycles. The maximum Gasteiger partial charge on any atom is 0.307 e. The van der Waals surface area contributed by atoms with E-state index in [1.165, 1.54) is 0 Å². The van der Waals surface area contributed by atoms with Gasteiger partial charge >= 0.3 is 5.97 Å². The van der Waals surface area contributed by atoms with Gasteiger partial charge < -0.3 is 9.64 Å². The maximum atomic E-state index is 11.5. The van der Waals surface area contributed by atoms with Crippen molar-refractivity contribution in [3.8, 4) is 0 Å². The lowest BCUT2D eigenvalue weighted by atomic mass is 10.0. The molecule has 0 spiro atoms. The van der Waals surface area contributed by atoms with Gasteiger partial charge in [0.05, 0.1) is 13.0 Å². The largest absolute Gasteiger partial charge is 0.466 e. The number of halogens is 1. The van der Waals surface area contributed by atoms with Crippen LogP contribution in [0.1, 0.15) is 24.9 Å². The van der Waals surface area contributed by atoms with Crippen molar-refractivity contribution in [2.75, 3.05) is 20.7 Å². The number of carbonyl (C=O) groups is 1. The van der Waals surface area contributed by atoms with E-state index >= 15 is 0 Å². The molecule has 1 aromatic rings. The third kappa shape index (κ3) is 4.36. The van der Waals surface area contributed by atoms with Gasteiger partial charge in [-0.3, -0.25) is 4.79 Å². The van der Waals surface area contributed by atoms with E-state index in [1.807, 2.05) is 50.2 Å². The van der Waals surface area contributed by atoms with E-state index < -0.39 is 0 Å². The van der Waals surface area contributed by atoms with E-state index in [1.54, 1.807) is 0 Å². The fourth-order valence-electron chi connectivity index (χ4n) is 1.66. The molecule has 0 amide bonds. The zero-order valence-corrected chi connectivity index (χ0v) is 11.2. The van der Waals surface area contributed by atoms with Crippen molar-refractivity contribution in [2.24, 2.45) is 0 Å². The summed E-state index contributed by atoms with van der Waals surface area (Å²) in [6.07, 6.45) is 0.350. The highest BCUT2D eigenvalue weighted by Gasteiger charge is 2.18. The Morgan fingerprint density at radius 2 is 1.94 bits per heavy atom. The first kappa shape index (κ1) is 14.0. The molecule has 0 heterocycles. The first-order chi connectivity index (χ1) is 8.04. The third-order valence-corrected chi connectivity index (χ3v) is 2.80. The molecule has 0 saturated carbocycles. The molecule has 1 atom stereocenters. The monoisotopic (exact) mass is 255 g/mol. The van der Waals surface area contributed by atoms with Gasteiger partial charge in [0.1, 0.15) is 0 Å². The highest BCUT2D eigenvalue weighted by atomic mass is 35.5. The standard InChI is InChI=1S/C13H18ClNO2/c1-4-17-13(16)9-12(15(2)3)10-5-7-11(14)8-6-10/h5-8,12H,4,9H2,1-3H3/t12-/m0/s1. The molecular formula is C13H18ClNO2. The van der Waals surface area contributed by atoms with Gasteiger partial charge in [0.2, 0.25) is 0 Å². The van der Waals surface area contributed by atoms with E-state index in [0.29, 0.717) is 18.1 Å². The van der Waals surface area contributed by atoms with Crippen molar-refractivity contribution in [1.29, 1.82) is 0 Å². The number of carbonyl (C=O) groups excluding carboxylic acids is 1. The average Bonchev–Trinajstić information content (AvgIpc) is 2.27. The van der Waals surface area contributed by atoms with Gasteiger partial charge in [0, 0.05) is 11.1 Å². The smallest absolute Gasteiger partial charge is 0.307 e. The Labute approximate surface area is 107 Å². The van der Waals surface area contributed by atoms with Gasteiger partial charge in [0.25, 0.3) is 0 Å². The quantitative estimate of drug-likeness (QED) is 0.758. The van der Waals surface area contributed by atoms with Gasteiger partial charge in [0.15, 0.2) is 0 Å². The molecule has 0 aliphatic carbocycles. The summed E-state index contributed by atoms with van der Waals surface area (Å²) >= 11 is 5.85. The Balaban J connectivity index is 2.79. The van der Waals surface area contributed by atoms with Gasteiger partial charge in [-0.25, -0.2) is 0 Å². The number of hydrogen-bond donors (Lipinski definition) is 0. The molecule has 0 radical (unpaired) electrons. The SMILES string of the molecule is CCOC(=O)C[C@@H](c1ccc(Cl)cc1)N(C)C. The fourth-order valence-corrected chi connectivity index (χ4v) is 1.79. The van der Waals surface area contributed by atoms with Crippen LogP contribution in [0.2, 0.25) is 5.02 Å². The maximum absolute atomic E-state index is 11.5. The van der Waals surface area contributed by atoms with Crippen LogP contribution in [0.3, 0.4) is 0 Å². The molecule has 0 aliphatic heterocycles. The number of esters is 1. The van der Waals surface area contributed by atoms with Crippen molar-refractivity contribution in [3.05, 3.63) is 34.9 Å². The molecule has 3 nitrogen and oxygen atoms in total. The Bertz CT molecular complexity index is 362. The second kappa shape index (κ2) is 6.62. The number of ether oxygens (including phenoxy) is 1. The first-order valence-corrected chi connectivity index (χ1v) is 6.00. The van der Waals surface area contributed by atoms with Gasteiger partial charge in [-0.15, -0.1) is 0 Å². The average molecular weight is 256 g/mol. The van der Waals surface area contributed by atoms with E-state index in [0.717, 1.165) is 5.56 Å². The van der Waals surface area contributed by atoms with Crippen LogP contribution in [0.15, 0.2) is 24.3 Å². The lowest BCUT2D eigenvalue weighted by Crippen LogP contribution is -2.23. The third-order valence-electron chi connectivity index (χ3n) is 2.54. The molecule has 94 valence electrons. The number of nitrogens with zero attached hydrogens (tertiary/aromatic N) is 1. The fraction of sp³-hybridized carbons (Fsp3) is 0.462. The highest BCUT2D eigenvalue weighted by molar-refractivity contribution is 6.30. The zero-order chi connectivity index (χ0) is 12.8. The van der Waals surface area contributed by atoms with Crippen LogP contribution in [0.4, 0.5) is 0 Å². The summed E-state index contributed by atoms with van der Waals surface area (Å²) in [5, 5.41) is 0.697. The van der Waals surface area contributed by atoms with Gasteiger partial charge in [-0.05, 0) is 38.7 Å². The highest BCUT2D eigenvalue weighted by Crippen LogP contribution is 2.23. The number of benzene rings is 1. The van der Waals surface area contributed by atoms with E-state index in [2.05, 4.69) is 0 Å². The van der Waals surface area contributed by atoms with Crippen LogP contribution in [-0.2, 0) is 9.53 Å². The molecule has 0 N–H and O–H groups in total. The summed E-state index contributed by atoms with van der Waals surface area (Å²) in [5.41, 5.74) is 1.06. The van der Waals surface area contributed by atoms with Crippen LogP contribution in [0, 0.1) is 0 Å². The molecule has 4 heteroatoms. The predicted molar refractivity (Wildman–Crippen MR) is 69.1 cm³/mol. The second-order valence-corrected chi connectivity index (χ2v) is 4.48. The van der Waals surface area contributed by atoms with Crippen LogP contribution < -0.4 is 0 Å². The molecular weight excluding hydrogens is 238 g/mol. The minimum atomic E-state index is -0.179. The summed E-state index contributed by atoms with van der Waals surface area (Å²) in [7, 11) is 3.89. The summed E-state index contributed by atoms with van der Waals surface area (Å²) in [6, 6.07) is 7.56. The Kier molecular flexibility index (Phi) is 5.45. The van der Waals surface area contributed by atoms with Crippen LogP contribution in [0.5, 0.6) is 0 Å². The molecule has 0 saturated heterocycles. The van der Waals surface area contributed by atoms with Crippen molar-refractivity contribution >= 4 is 17.6 Å². The summed E-state index contributed by atoms with van der Waals surface area (Å²) in [5.74, 6) is -0.179. The molecule has 0 fully saturated rings. The number of rotatable bonds is 5. The van der Waals surface area contributed by atoms with E-state index in [4.69, 9.17) is 16.3 Å². The summed E-state index contributed by atoms with van der Waals surface area (Å²) < 4.78 is 4.98. The van der Waals surface area contributed by atoms with Crippen LogP contribution in [-0.4, -0.2) is 31.6 Å². The molecule has 0 aliphatic rings. The Morgan fingerprint density at radius 1 is 1.35 bits per heavy atom. The minimum absolute atomic E-state index is 0.0197. The first-order valence-electron chi connectivity index (χ1n) is 5.62. The van der Waals surface area contributed by atoms with Gasteiger partial charge in [-0.1, -0.05) is 23.7 Å². The van der Waals surface area contributed by atoms with Crippen molar-refractivity contribution in [3.63, 3.8) is 0 Å². The van der Waals surface area contributed by atoms with Gasteiger partial charge in [-0.2, -0.15) is 0 Å². The Morgan fingerprint density at radius 3 is 2.41 bits per heavy atom. The van der Waals surface area contributed by atoms with Crippen LogP contribution >= 0.6 is 11.6 Å². The lowest BCUT2D eigenvalue weighted by molar-refractivity contribution is -0.144. The summed E-state index contributed by atoms with van der Waals surface area (Å²) in [4.78, 5) is 13.5. The minimum Gasteiger partial charge on any atom is -0.466 e.